The zero-order valence-electron chi connectivity index (χ0n) is 19.9. The van der Waals surface area contributed by atoms with Crippen molar-refractivity contribution in [1.82, 2.24) is 0 Å². The van der Waals surface area contributed by atoms with Crippen LogP contribution in [-0.4, -0.2) is 4.92 Å². The minimum absolute atomic E-state index is 0.0223. The van der Waals surface area contributed by atoms with Gasteiger partial charge < -0.3 is 0 Å². The van der Waals surface area contributed by atoms with Crippen molar-refractivity contribution in [3.05, 3.63) is 124 Å². The van der Waals surface area contributed by atoms with Gasteiger partial charge in [-0.2, -0.15) is 0 Å². The van der Waals surface area contributed by atoms with Crippen LogP contribution in [0.5, 0.6) is 0 Å². The molecule has 0 atom stereocenters. The predicted molar refractivity (Wildman–Crippen MR) is 148 cm³/mol. The highest BCUT2D eigenvalue weighted by Gasteiger charge is 2.41. The Morgan fingerprint density at radius 3 is 1.31 bits per heavy atom. The summed E-state index contributed by atoms with van der Waals surface area (Å²) in [7, 11) is -2.70. The molecule has 178 valence electrons. The summed E-state index contributed by atoms with van der Waals surface area (Å²) < 4.78 is 0. The summed E-state index contributed by atoms with van der Waals surface area (Å²) in [6, 6.07) is 30.9. The van der Waals surface area contributed by atoms with Crippen molar-refractivity contribution in [2.24, 2.45) is 0 Å². The Hall–Kier alpha value is -4.09. The summed E-state index contributed by atoms with van der Waals surface area (Å²) in [5.74, 6) is 0. The van der Waals surface area contributed by atoms with Gasteiger partial charge in [-0.05, 0) is 63.2 Å². The third-order valence-corrected chi connectivity index (χ3v) is 7.77. The van der Waals surface area contributed by atoms with E-state index in [9.17, 15) is 10.1 Å². The van der Waals surface area contributed by atoms with Gasteiger partial charge in [0, 0.05) is 12.1 Å². The molecule has 0 saturated heterocycles. The van der Waals surface area contributed by atoms with Crippen LogP contribution in [0.3, 0.4) is 0 Å². The lowest BCUT2D eigenvalue weighted by Gasteiger charge is -2.29. The van der Waals surface area contributed by atoms with Crippen LogP contribution < -0.4 is 20.3 Å². The lowest BCUT2D eigenvalue weighted by molar-refractivity contribution is -0.384. The number of benzene rings is 4. The topological polar surface area (TPSA) is 91.3 Å². The first-order valence-corrected chi connectivity index (χ1v) is 13.1. The lowest BCUT2D eigenvalue weighted by Crippen LogP contribution is -2.27. The maximum Gasteiger partial charge on any atom is 0.395 e. The molecule has 0 aromatic heterocycles. The largest absolute Gasteiger partial charge is 0.395 e. The van der Waals surface area contributed by atoms with E-state index in [0.29, 0.717) is 5.69 Å². The average Bonchev–Trinajstić information content (AvgIpc) is 2.84. The molecule has 7 nitrogen and oxygen atoms in total. The quantitative estimate of drug-likeness (QED) is 0.109. The molecule has 0 aliphatic carbocycles. The highest BCUT2D eigenvalue weighted by molar-refractivity contribution is 7.81. The predicted octanol–water partition coefficient (Wildman–Crippen LogP) is 7.95. The molecule has 0 spiro atoms. The third-order valence-electron chi connectivity index (χ3n) is 5.40. The van der Waals surface area contributed by atoms with E-state index in [1.54, 1.807) is 12.1 Å². The summed E-state index contributed by atoms with van der Waals surface area (Å²) in [4.78, 5) is 11.0. The van der Waals surface area contributed by atoms with Gasteiger partial charge in [-0.25, -0.2) is 20.3 Å². The number of non-ortho nitro benzene ring substituents is 1. The van der Waals surface area contributed by atoms with Crippen LogP contribution in [0.25, 0.3) is 0 Å². The van der Waals surface area contributed by atoms with Crippen molar-refractivity contribution in [2.75, 3.05) is 20.3 Å². The Kier molecular flexibility index (Phi) is 7.18. The fourth-order valence-corrected chi connectivity index (χ4v) is 5.99. The number of nitrogens with one attached hydrogen (secondary N) is 4. The van der Waals surface area contributed by atoms with Crippen molar-refractivity contribution in [3.8, 4) is 0 Å². The molecule has 0 amide bonds. The second kappa shape index (κ2) is 10.5. The molecule has 4 aromatic rings. The van der Waals surface area contributed by atoms with Gasteiger partial charge in [0.1, 0.15) is 0 Å². The minimum atomic E-state index is -2.70. The van der Waals surface area contributed by atoms with Crippen LogP contribution in [-0.2, 0) is 0 Å². The molecular formula is C27H29N5O2P+. The standard InChI is InChI=1S/C27H29N5O2P/c1-20-7-13-23(14-8-20)28-35(29-24-15-9-21(2)10-16-24,30-25-17-11-22(3)12-18-25)31-26-5-4-6-27(19-26)32(33)34/h4-19,28-31H,1-3H3/q+1. The Morgan fingerprint density at radius 1 is 0.571 bits per heavy atom. The monoisotopic (exact) mass is 486 g/mol. The van der Waals surface area contributed by atoms with Crippen LogP contribution in [0.2, 0.25) is 0 Å². The van der Waals surface area contributed by atoms with Crippen LogP contribution in [0.1, 0.15) is 16.7 Å². The summed E-state index contributed by atoms with van der Waals surface area (Å²) in [5.41, 5.74) is 6.82. The van der Waals surface area contributed by atoms with E-state index in [2.05, 4.69) is 20.3 Å². The van der Waals surface area contributed by atoms with Gasteiger partial charge >= 0.3 is 7.87 Å². The maximum absolute atomic E-state index is 11.4. The molecule has 0 fully saturated rings. The van der Waals surface area contributed by atoms with E-state index in [1.807, 2.05) is 99.6 Å². The van der Waals surface area contributed by atoms with Crippen LogP contribution >= 0.6 is 7.87 Å². The zero-order chi connectivity index (χ0) is 24.8. The van der Waals surface area contributed by atoms with Crippen molar-refractivity contribution < 1.29 is 4.92 Å². The van der Waals surface area contributed by atoms with E-state index < -0.39 is 7.87 Å². The SMILES string of the molecule is Cc1ccc(N[P+](Nc2ccc(C)cc2)(Nc2ccc(C)cc2)Nc2cccc([N+](=O)[O-])c2)cc1. The van der Waals surface area contributed by atoms with Gasteiger partial charge in [0.2, 0.25) is 0 Å². The molecule has 0 radical (unpaired) electrons. The van der Waals surface area contributed by atoms with Crippen LogP contribution in [0, 0.1) is 30.9 Å². The molecule has 4 aromatic carbocycles. The average molecular weight is 487 g/mol. The Morgan fingerprint density at radius 2 is 0.943 bits per heavy atom. The number of hydrogen-bond donors (Lipinski definition) is 4. The number of hydrogen-bond acceptors (Lipinski definition) is 6. The highest BCUT2D eigenvalue weighted by Crippen LogP contribution is 2.56. The molecular weight excluding hydrogens is 457 g/mol. The number of nitro benzene ring substituents is 1. The number of nitrogens with zero attached hydrogens (tertiary/aromatic N) is 1. The molecule has 0 saturated carbocycles. The highest BCUT2D eigenvalue weighted by atomic mass is 31.2. The molecule has 4 N–H and O–H groups in total. The van der Waals surface area contributed by atoms with Gasteiger partial charge in [0.05, 0.1) is 27.7 Å². The minimum Gasteiger partial charge on any atom is -0.258 e. The van der Waals surface area contributed by atoms with Crippen molar-refractivity contribution in [1.29, 1.82) is 0 Å². The molecule has 35 heavy (non-hydrogen) atoms. The molecule has 0 heterocycles. The van der Waals surface area contributed by atoms with Gasteiger partial charge in [-0.1, -0.05) is 59.2 Å². The molecule has 0 bridgehead atoms. The molecule has 0 aliphatic heterocycles. The Labute approximate surface area is 206 Å². The summed E-state index contributed by atoms with van der Waals surface area (Å²) in [5, 5.41) is 25.9. The summed E-state index contributed by atoms with van der Waals surface area (Å²) >= 11 is 0. The molecule has 0 aliphatic rings. The zero-order valence-corrected chi connectivity index (χ0v) is 20.8. The van der Waals surface area contributed by atoms with Crippen molar-refractivity contribution >= 4 is 36.3 Å². The Bertz CT molecular complexity index is 1180. The van der Waals surface area contributed by atoms with E-state index >= 15 is 0 Å². The van der Waals surface area contributed by atoms with E-state index in [4.69, 9.17) is 0 Å². The van der Waals surface area contributed by atoms with Gasteiger partial charge in [-0.3, -0.25) is 10.1 Å². The van der Waals surface area contributed by atoms with Gasteiger partial charge in [0.25, 0.3) is 5.69 Å². The normalized spacial score (nSPS) is 10.9. The third kappa shape index (κ3) is 6.49. The van der Waals surface area contributed by atoms with E-state index in [1.165, 1.54) is 6.07 Å². The molecule has 0 unspecified atom stereocenters. The first kappa shape index (κ1) is 24.0. The molecule has 8 heteroatoms. The second-order valence-electron chi connectivity index (χ2n) is 8.52. The van der Waals surface area contributed by atoms with Crippen molar-refractivity contribution in [2.45, 2.75) is 20.8 Å². The van der Waals surface area contributed by atoms with Gasteiger partial charge in [0.15, 0.2) is 0 Å². The van der Waals surface area contributed by atoms with Crippen molar-refractivity contribution in [3.63, 3.8) is 0 Å². The first-order chi connectivity index (χ1) is 16.8. The van der Waals surface area contributed by atoms with Crippen LogP contribution in [0.4, 0.5) is 28.4 Å². The van der Waals surface area contributed by atoms with Gasteiger partial charge in [-0.15, -0.1) is 0 Å². The second-order valence-corrected chi connectivity index (χ2v) is 10.8. The Balaban J connectivity index is 1.80. The molecule has 4 rings (SSSR count). The summed E-state index contributed by atoms with van der Waals surface area (Å²) in [6.07, 6.45) is 0. The van der Waals surface area contributed by atoms with E-state index in [0.717, 1.165) is 33.8 Å². The lowest BCUT2D eigenvalue weighted by atomic mass is 10.2. The fraction of sp³-hybridized carbons (Fsp3) is 0.111. The first-order valence-electron chi connectivity index (χ1n) is 11.3. The van der Waals surface area contributed by atoms with E-state index in [-0.39, 0.29) is 10.6 Å². The fourth-order valence-electron chi connectivity index (χ4n) is 3.52. The number of nitro groups is 1. The maximum atomic E-state index is 11.4. The number of rotatable bonds is 9. The number of aryl methyl sites for hydroxylation is 3. The van der Waals surface area contributed by atoms with Crippen LogP contribution in [0.15, 0.2) is 97.1 Å². The number of anilines is 4. The summed E-state index contributed by atoms with van der Waals surface area (Å²) in [6.45, 7) is 6.13. The smallest absolute Gasteiger partial charge is 0.258 e.